The van der Waals surface area contributed by atoms with Crippen LogP contribution < -0.4 is 4.90 Å². The van der Waals surface area contributed by atoms with Crippen LogP contribution in [0.2, 0.25) is 0 Å². The summed E-state index contributed by atoms with van der Waals surface area (Å²) < 4.78 is 47.0. The Morgan fingerprint density at radius 1 is 1.17 bits per heavy atom. The molecule has 29 heavy (non-hydrogen) atoms. The number of hydrogen-bond donors (Lipinski definition) is 0. The van der Waals surface area contributed by atoms with E-state index in [0.29, 0.717) is 36.4 Å². The predicted octanol–water partition coefficient (Wildman–Crippen LogP) is 3.90. The first-order valence-electron chi connectivity index (χ1n) is 9.33. The van der Waals surface area contributed by atoms with Crippen molar-refractivity contribution in [1.29, 1.82) is 0 Å². The van der Waals surface area contributed by atoms with Crippen molar-refractivity contribution in [3.05, 3.63) is 64.6 Å². The third-order valence-electron chi connectivity index (χ3n) is 5.33. The molecule has 1 fully saturated rings. The molecule has 0 saturated carbocycles. The van der Waals surface area contributed by atoms with Crippen LogP contribution in [0.1, 0.15) is 32.9 Å². The minimum Gasteiger partial charge on any atom is -0.378 e. The van der Waals surface area contributed by atoms with Crippen LogP contribution in [0.15, 0.2) is 36.5 Å². The minimum atomic E-state index is -4.42. The zero-order valence-electron chi connectivity index (χ0n) is 15.9. The number of nitrogens with zero attached hydrogens (tertiary/aromatic N) is 3. The minimum absolute atomic E-state index is 0.163. The number of imidazole rings is 1. The van der Waals surface area contributed by atoms with E-state index in [1.807, 2.05) is 18.3 Å². The Balaban J connectivity index is 1.77. The summed E-state index contributed by atoms with van der Waals surface area (Å²) in [6.07, 6.45) is -1.70. The summed E-state index contributed by atoms with van der Waals surface area (Å²) in [4.78, 5) is 18.1. The summed E-state index contributed by atoms with van der Waals surface area (Å²) in [5.74, 6) is 0. The maximum absolute atomic E-state index is 13.3. The van der Waals surface area contributed by atoms with Crippen LogP contribution in [0.25, 0.3) is 5.65 Å². The van der Waals surface area contributed by atoms with Gasteiger partial charge < -0.3 is 14.0 Å². The molecule has 152 valence electrons. The highest BCUT2D eigenvalue weighted by atomic mass is 19.4. The number of hydrogen-bond acceptors (Lipinski definition) is 4. The van der Waals surface area contributed by atoms with Gasteiger partial charge in [0.25, 0.3) is 0 Å². The number of alkyl halides is 3. The molecule has 3 aromatic rings. The molecule has 1 aromatic carbocycles. The van der Waals surface area contributed by atoms with Crippen LogP contribution >= 0.6 is 0 Å². The van der Waals surface area contributed by atoms with E-state index in [1.165, 1.54) is 13.0 Å². The summed E-state index contributed by atoms with van der Waals surface area (Å²) in [7, 11) is 0. The molecule has 0 amide bonds. The van der Waals surface area contributed by atoms with Crippen molar-refractivity contribution in [1.82, 2.24) is 9.38 Å². The maximum Gasteiger partial charge on any atom is 0.416 e. The molecule has 8 heteroatoms. The largest absolute Gasteiger partial charge is 0.416 e. The number of aromatic nitrogens is 2. The molecular weight excluding hydrogens is 383 g/mol. The standard InChI is InChI=1S/C21H20F3N3O2/c1-14-15(3-2-4-17(14)21(22,23)24)11-19-18(13-28)25-20-6-5-16(12-27(19)20)26-7-9-29-10-8-26/h2-6,12-13H,7-11H2,1H3. The van der Waals surface area contributed by atoms with Gasteiger partial charge in [-0.25, -0.2) is 4.98 Å². The maximum atomic E-state index is 13.3. The first-order chi connectivity index (χ1) is 13.9. The third-order valence-corrected chi connectivity index (χ3v) is 5.33. The fraction of sp³-hybridized carbons (Fsp3) is 0.333. The quantitative estimate of drug-likeness (QED) is 0.620. The lowest BCUT2D eigenvalue weighted by Gasteiger charge is -2.28. The van der Waals surface area contributed by atoms with Gasteiger partial charge in [-0.15, -0.1) is 0 Å². The molecular formula is C21H20F3N3O2. The SMILES string of the molecule is Cc1c(Cc2c(C=O)nc3ccc(N4CCOCC4)cn23)cccc1C(F)(F)F. The number of anilines is 1. The topological polar surface area (TPSA) is 46.8 Å². The van der Waals surface area contributed by atoms with Gasteiger partial charge in [-0.3, -0.25) is 4.79 Å². The number of aldehydes is 1. The van der Waals surface area contributed by atoms with Crippen molar-refractivity contribution in [3.63, 3.8) is 0 Å². The molecule has 1 saturated heterocycles. The van der Waals surface area contributed by atoms with Crippen molar-refractivity contribution < 1.29 is 22.7 Å². The van der Waals surface area contributed by atoms with Crippen LogP contribution in [0.5, 0.6) is 0 Å². The van der Waals surface area contributed by atoms with Crippen LogP contribution in [-0.2, 0) is 17.3 Å². The molecule has 0 N–H and O–H groups in total. The number of pyridine rings is 1. The zero-order valence-corrected chi connectivity index (χ0v) is 15.9. The highest BCUT2D eigenvalue weighted by Gasteiger charge is 2.33. The van der Waals surface area contributed by atoms with Gasteiger partial charge in [0.1, 0.15) is 11.3 Å². The second-order valence-electron chi connectivity index (χ2n) is 7.04. The number of carbonyl (C=O) groups is 1. The highest BCUT2D eigenvalue weighted by Crippen LogP contribution is 2.34. The molecule has 1 aliphatic rings. The molecule has 0 spiro atoms. The second-order valence-corrected chi connectivity index (χ2v) is 7.04. The van der Waals surface area contributed by atoms with Crippen molar-refractivity contribution in [2.45, 2.75) is 19.5 Å². The Morgan fingerprint density at radius 2 is 1.93 bits per heavy atom. The molecule has 0 aliphatic carbocycles. The average molecular weight is 403 g/mol. The summed E-state index contributed by atoms with van der Waals surface area (Å²) >= 11 is 0. The van der Waals surface area contributed by atoms with E-state index in [0.717, 1.165) is 24.8 Å². The summed E-state index contributed by atoms with van der Waals surface area (Å²) in [5, 5.41) is 0. The van der Waals surface area contributed by atoms with Crippen LogP contribution in [0.3, 0.4) is 0 Å². The fourth-order valence-corrected chi connectivity index (χ4v) is 3.74. The smallest absolute Gasteiger partial charge is 0.378 e. The summed E-state index contributed by atoms with van der Waals surface area (Å²) in [5.41, 5.74) is 2.37. The molecule has 1 aliphatic heterocycles. The van der Waals surface area contributed by atoms with Gasteiger partial charge in [-0.1, -0.05) is 12.1 Å². The van der Waals surface area contributed by atoms with Gasteiger partial charge in [-0.2, -0.15) is 13.2 Å². The molecule has 0 atom stereocenters. The number of ether oxygens (including phenoxy) is 1. The van der Waals surface area contributed by atoms with E-state index >= 15 is 0 Å². The van der Waals surface area contributed by atoms with Crippen molar-refractivity contribution in [2.75, 3.05) is 31.2 Å². The van der Waals surface area contributed by atoms with Crippen LogP contribution in [0.4, 0.5) is 18.9 Å². The Labute approximate surface area is 165 Å². The lowest BCUT2D eigenvalue weighted by Crippen LogP contribution is -2.36. The molecule has 2 aromatic heterocycles. The van der Waals surface area contributed by atoms with E-state index in [9.17, 15) is 18.0 Å². The number of rotatable bonds is 4. The first-order valence-corrected chi connectivity index (χ1v) is 9.33. The van der Waals surface area contributed by atoms with Gasteiger partial charge in [0, 0.05) is 25.7 Å². The zero-order chi connectivity index (χ0) is 20.6. The molecule has 0 unspecified atom stereocenters. The molecule has 0 bridgehead atoms. The molecule has 0 radical (unpaired) electrons. The average Bonchev–Trinajstić information content (AvgIpc) is 3.06. The lowest BCUT2D eigenvalue weighted by atomic mass is 9.98. The van der Waals surface area contributed by atoms with Crippen molar-refractivity contribution >= 4 is 17.6 Å². The lowest BCUT2D eigenvalue weighted by molar-refractivity contribution is -0.138. The van der Waals surface area contributed by atoms with Crippen LogP contribution in [0, 0.1) is 6.92 Å². The van der Waals surface area contributed by atoms with Gasteiger partial charge in [-0.05, 0) is 36.2 Å². The molecule has 5 nitrogen and oxygen atoms in total. The number of fused-ring (bicyclic) bond motifs is 1. The number of benzene rings is 1. The summed E-state index contributed by atoms with van der Waals surface area (Å²) in [6, 6.07) is 7.88. The second kappa shape index (κ2) is 7.51. The van der Waals surface area contributed by atoms with Gasteiger partial charge >= 0.3 is 6.18 Å². The van der Waals surface area contributed by atoms with Gasteiger partial charge in [0.2, 0.25) is 0 Å². The van der Waals surface area contributed by atoms with E-state index in [2.05, 4.69) is 9.88 Å². The fourth-order valence-electron chi connectivity index (χ4n) is 3.74. The van der Waals surface area contributed by atoms with Crippen molar-refractivity contribution in [3.8, 4) is 0 Å². The van der Waals surface area contributed by atoms with Crippen LogP contribution in [-0.4, -0.2) is 42.0 Å². The van der Waals surface area contributed by atoms with E-state index in [-0.39, 0.29) is 17.7 Å². The third kappa shape index (κ3) is 3.72. The normalized spacial score (nSPS) is 15.1. The number of morpholine rings is 1. The first kappa shape index (κ1) is 19.4. The summed E-state index contributed by atoms with van der Waals surface area (Å²) in [6.45, 7) is 4.24. The molecule has 4 rings (SSSR count). The Bertz CT molecular complexity index is 1050. The monoisotopic (exact) mass is 403 g/mol. The van der Waals surface area contributed by atoms with E-state index in [1.54, 1.807) is 10.5 Å². The number of halogens is 3. The number of carbonyl (C=O) groups excluding carboxylic acids is 1. The molecule has 3 heterocycles. The van der Waals surface area contributed by atoms with Crippen molar-refractivity contribution in [2.24, 2.45) is 0 Å². The van der Waals surface area contributed by atoms with E-state index < -0.39 is 11.7 Å². The Morgan fingerprint density at radius 3 is 2.62 bits per heavy atom. The van der Waals surface area contributed by atoms with Gasteiger partial charge in [0.05, 0.1) is 30.2 Å². The highest BCUT2D eigenvalue weighted by molar-refractivity contribution is 5.76. The Hall–Kier alpha value is -2.87. The predicted molar refractivity (Wildman–Crippen MR) is 103 cm³/mol. The van der Waals surface area contributed by atoms with Gasteiger partial charge in [0.15, 0.2) is 6.29 Å². The van der Waals surface area contributed by atoms with E-state index in [4.69, 9.17) is 4.74 Å². The Kier molecular flexibility index (Phi) is 5.04.